The lowest BCUT2D eigenvalue weighted by Crippen LogP contribution is -2.45. The third-order valence-electron chi connectivity index (χ3n) is 5.53. The van der Waals surface area contributed by atoms with Crippen LogP contribution in [-0.4, -0.2) is 69.3 Å². The molecule has 4 rings (SSSR count). The second-order valence-corrected chi connectivity index (χ2v) is 7.38. The minimum absolute atomic E-state index is 0.0363. The minimum Gasteiger partial charge on any atom is -0.497 e. The Morgan fingerprint density at radius 3 is 2.25 bits per heavy atom. The van der Waals surface area contributed by atoms with Crippen molar-refractivity contribution in [2.75, 3.05) is 68.1 Å². The summed E-state index contributed by atoms with van der Waals surface area (Å²) in [5, 5.41) is 0. The molecule has 2 fully saturated rings. The highest BCUT2D eigenvalue weighted by Gasteiger charge is 2.32. The lowest BCUT2D eigenvalue weighted by atomic mass is 10.2. The number of ether oxygens (including phenoxy) is 1. The average molecular weight is 381 g/mol. The van der Waals surface area contributed by atoms with Gasteiger partial charge in [0, 0.05) is 45.0 Å². The summed E-state index contributed by atoms with van der Waals surface area (Å²) in [6.45, 7) is 7.32. The number of hydrogen-bond donors (Lipinski definition) is 0. The van der Waals surface area contributed by atoms with Gasteiger partial charge in [-0.2, -0.15) is 0 Å². The number of benzene rings is 1. The number of piperazine rings is 1. The SMILES string of the molecule is COc1ccc(N2CCN(c3ccc(C)c(N4CCN(C)CC4)n3)C2=O)cc1. The van der Waals surface area contributed by atoms with E-state index in [4.69, 9.17) is 9.72 Å². The predicted octanol–water partition coefficient (Wildman–Crippen LogP) is 2.60. The molecule has 2 aliphatic heterocycles. The number of nitrogens with zero attached hydrogens (tertiary/aromatic N) is 5. The van der Waals surface area contributed by atoms with Crippen LogP contribution in [0.2, 0.25) is 0 Å². The molecular formula is C21H27N5O2. The van der Waals surface area contributed by atoms with Crippen molar-refractivity contribution in [3.05, 3.63) is 42.0 Å². The molecule has 3 heterocycles. The molecule has 0 spiro atoms. The Labute approximate surface area is 166 Å². The first-order chi connectivity index (χ1) is 13.6. The smallest absolute Gasteiger partial charge is 0.330 e. The largest absolute Gasteiger partial charge is 0.497 e. The molecule has 2 amide bonds. The van der Waals surface area contributed by atoms with Gasteiger partial charge in [-0.25, -0.2) is 9.78 Å². The zero-order valence-electron chi connectivity index (χ0n) is 16.8. The molecule has 148 valence electrons. The van der Waals surface area contributed by atoms with Crippen molar-refractivity contribution < 1.29 is 9.53 Å². The molecule has 7 nitrogen and oxygen atoms in total. The Hall–Kier alpha value is -2.80. The molecule has 0 aliphatic carbocycles. The van der Waals surface area contributed by atoms with Gasteiger partial charge in [0.25, 0.3) is 0 Å². The van der Waals surface area contributed by atoms with Crippen molar-refractivity contribution in [1.82, 2.24) is 9.88 Å². The molecule has 2 saturated heterocycles. The fourth-order valence-electron chi connectivity index (χ4n) is 3.75. The summed E-state index contributed by atoms with van der Waals surface area (Å²) in [5.74, 6) is 2.49. The molecule has 2 aliphatic rings. The van der Waals surface area contributed by atoms with E-state index in [0.717, 1.165) is 54.8 Å². The Morgan fingerprint density at radius 1 is 0.893 bits per heavy atom. The maximum Gasteiger partial charge on any atom is 0.330 e. The second-order valence-electron chi connectivity index (χ2n) is 7.38. The van der Waals surface area contributed by atoms with Gasteiger partial charge in [-0.15, -0.1) is 0 Å². The van der Waals surface area contributed by atoms with Gasteiger partial charge in [-0.3, -0.25) is 9.80 Å². The Bertz CT molecular complexity index is 846. The van der Waals surface area contributed by atoms with Crippen LogP contribution in [0.15, 0.2) is 36.4 Å². The maximum absolute atomic E-state index is 13.0. The second kappa shape index (κ2) is 7.67. The highest BCUT2D eigenvalue weighted by Crippen LogP contribution is 2.28. The Kier molecular flexibility index (Phi) is 5.09. The molecule has 0 atom stereocenters. The van der Waals surface area contributed by atoms with Gasteiger partial charge in [-0.05, 0) is 49.9 Å². The number of carbonyl (C=O) groups excluding carboxylic acids is 1. The number of anilines is 3. The fraction of sp³-hybridized carbons (Fsp3) is 0.429. The lowest BCUT2D eigenvalue weighted by molar-refractivity contribution is 0.255. The van der Waals surface area contributed by atoms with Gasteiger partial charge in [0.1, 0.15) is 17.4 Å². The quantitative estimate of drug-likeness (QED) is 0.815. The van der Waals surface area contributed by atoms with Crippen LogP contribution in [0.5, 0.6) is 5.75 Å². The third-order valence-corrected chi connectivity index (χ3v) is 5.53. The summed E-state index contributed by atoms with van der Waals surface area (Å²) in [5.41, 5.74) is 2.02. The first kappa shape index (κ1) is 18.6. The summed E-state index contributed by atoms with van der Waals surface area (Å²) >= 11 is 0. The van der Waals surface area contributed by atoms with E-state index in [-0.39, 0.29) is 6.03 Å². The van der Waals surface area contributed by atoms with Gasteiger partial charge in [0.2, 0.25) is 0 Å². The van der Waals surface area contributed by atoms with E-state index in [2.05, 4.69) is 29.8 Å². The van der Waals surface area contributed by atoms with Gasteiger partial charge < -0.3 is 14.5 Å². The van der Waals surface area contributed by atoms with Crippen LogP contribution in [0.25, 0.3) is 0 Å². The standard InChI is InChI=1S/C21H27N5O2/c1-16-4-9-19(22-20(16)24-12-10-23(2)11-13-24)26-15-14-25(21(26)27)17-5-7-18(28-3)8-6-17/h4-9H,10-15H2,1-3H3. The van der Waals surface area contributed by atoms with Crippen LogP contribution in [0, 0.1) is 6.92 Å². The van der Waals surface area contributed by atoms with Crippen molar-refractivity contribution >= 4 is 23.4 Å². The maximum atomic E-state index is 13.0. The molecule has 1 aromatic heterocycles. The van der Waals surface area contributed by atoms with Crippen LogP contribution < -0.4 is 19.4 Å². The number of carbonyl (C=O) groups is 1. The number of urea groups is 1. The zero-order chi connectivity index (χ0) is 19.7. The molecule has 0 unspecified atom stereocenters. The first-order valence-corrected chi connectivity index (χ1v) is 9.71. The number of hydrogen-bond acceptors (Lipinski definition) is 5. The molecule has 1 aromatic carbocycles. The molecule has 0 N–H and O–H groups in total. The van der Waals surface area contributed by atoms with Crippen LogP contribution in [0.4, 0.5) is 22.1 Å². The van der Waals surface area contributed by atoms with E-state index in [9.17, 15) is 4.79 Å². The monoisotopic (exact) mass is 381 g/mol. The van der Waals surface area contributed by atoms with Gasteiger partial charge in [0.15, 0.2) is 0 Å². The number of rotatable bonds is 4. The van der Waals surface area contributed by atoms with E-state index >= 15 is 0 Å². The van der Waals surface area contributed by atoms with E-state index in [1.165, 1.54) is 0 Å². The van der Waals surface area contributed by atoms with Crippen LogP contribution in [-0.2, 0) is 0 Å². The summed E-state index contributed by atoms with van der Waals surface area (Å²) in [6.07, 6.45) is 0. The summed E-state index contributed by atoms with van der Waals surface area (Å²) in [4.78, 5) is 26.1. The molecule has 0 saturated carbocycles. The van der Waals surface area contributed by atoms with Crippen molar-refractivity contribution in [2.45, 2.75) is 6.92 Å². The minimum atomic E-state index is -0.0363. The summed E-state index contributed by atoms with van der Waals surface area (Å²) < 4.78 is 5.21. The topological polar surface area (TPSA) is 52.2 Å². The van der Waals surface area contributed by atoms with Crippen LogP contribution >= 0.6 is 0 Å². The molecule has 0 bridgehead atoms. The fourth-order valence-corrected chi connectivity index (χ4v) is 3.75. The number of methoxy groups -OCH3 is 1. The Balaban J connectivity index is 1.54. The normalized spacial score (nSPS) is 18.1. The summed E-state index contributed by atoms with van der Waals surface area (Å²) in [6, 6.07) is 11.6. The number of aromatic nitrogens is 1. The van der Waals surface area contributed by atoms with Crippen molar-refractivity contribution in [1.29, 1.82) is 0 Å². The van der Waals surface area contributed by atoms with Crippen molar-refractivity contribution in [3.8, 4) is 5.75 Å². The predicted molar refractivity (Wildman–Crippen MR) is 112 cm³/mol. The van der Waals surface area contributed by atoms with Crippen molar-refractivity contribution in [2.24, 2.45) is 0 Å². The number of aryl methyl sites for hydroxylation is 1. The number of amides is 2. The highest BCUT2D eigenvalue weighted by atomic mass is 16.5. The van der Waals surface area contributed by atoms with E-state index < -0.39 is 0 Å². The lowest BCUT2D eigenvalue weighted by Gasteiger charge is -2.34. The molecule has 28 heavy (non-hydrogen) atoms. The zero-order valence-corrected chi connectivity index (χ0v) is 16.8. The number of likely N-dealkylation sites (N-methyl/N-ethyl adjacent to an activating group) is 1. The summed E-state index contributed by atoms with van der Waals surface area (Å²) in [7, 11) is 3.78. The molecule has 2 aromatic rings. The highest BCUT2D eigenvalue weighted by molar-refractivity contribution is 6.05. The first-order valence-electron chi connectivity index (χ1n) is 9.71. The molecule has 7 heteroatoms. The van der Waals surface area contributed by atoms with Gasteiger partial charge >= 0.3 is 6.03 Å². The Morgan fingerprint density at radius 2 is 1.57 bits per heavy atom. The van der Waals surface area contributed by atoms with E-state index in [1.54, 1.807) is 16.9 Å². The van der Waals surface area contributed by atoms with Crippen molar-refractivity contribution in [3.63, 3.8) is 0 Å². The third kappa shape index (κ3) is 3.49. The van der Waals surface area contributed by atoms with Crippen LogP contribution in [0.3, 0.4) is 0 Å². The molecule has 0 radical (unpaired) electrons. The average Bonchev–Trinajstić information content (AvgIpc) is 3.10. The van der Waals surface area contributed by atoms with E-state index in [1.807, 2.05) is 30.3 Å². The van der Waals surface area contributed by atoms with Crippen LogP contribution in [0.1, 0.15) is 5.56 Å². The van der Waals surface area contributed by atoms with Gasteiger partial charge in [-0.1, -0.05) is 6.07 Å². The van der Waals surface area contributed by atoms with Gasteiger partial charge in [0.05, 0.1) is 7.11 Å². The molecular weight excluding hydrogens is 354 g/mol. The van der Waals surface area contributed by atoms with E-state index in [0.29, 0.717) is 13.1 Å². The number of pyridine rings is 1.